The fourth-order valence-corrected chi connectivity index (χ4v) is 2.04. The molecular formula is C17H22N4O. The molecule has 116 valence electrons. The average Bonchev–Trinajstić information content (AvgIpc) is 2.58. The number of carbonyl (C=O) groups is 1. The minimum Gasteiger partial charge on any atom is -0.378 e. The zero-order valence-electron chi connectivity index (χ0n) is 12.9. The van der Waals surface area contributed by atoms with Gasteiger partial charge in [0.25, 0.3) is 5.91 Å². The molecule has 0 saturated carbocycles. The monoisotopic (exact) mass is 298 g/mol. The number of hydrogen-bond acceptors (Lipinski definition) is 4. The number of amides is 1. The summed E-state index contributed by atoms with van der Waals surface area (Å²) in [5.74, 6) is -0.0786. The fraction of sp³-hybridized carbons (Fsp3) is 0.353. The molecule has 1 amide bonds. The molecule has 0 aromatic carbocycles. The summed E-state index contributed by atoms with van der Waals surface area (Å²) in [5.41, 5.74) is 2.33. The number of nitrogens with zero attached hydrogens (tertiary/aromatic N) is 2. The van der Waals surface area contributed by atoms with E-state index < -0.39 is 0 Å². The van der Waals surface area contributed by atoms with Gasteiger partial charge in [-0.05, 0) is 24.6 Å². The summed E-state index contributed by atoms with van der Waals surface area (Å²) in [6.45, 7) is 3.45. The van der Waals surface area contributed by atoms with Crippen LogP contribution in [0.2, 0.25) is 0 Å². The molecule has 2 rings (SSSR count). The lowest BCUT2D eigenvalue weighted by molar-refractivity contribution is 0.0952. The zero-order chi connectivity index (χ0) is 15.6. The van der Waals surface area contributed by atoms with Crippen LogP contribution in [0.4, 0.5) is 5.69 Å². The van der Waals surface area contributed by atoms with Gasteiger partial charge in [-0.3, -0.25) is 14.8 Å². The standard InChI is InChI=1S/C17H22N4O/c1-2-3-5-9-20-17(22)14-10-16(12-18-11-14)21-13-15-7-4-6-8-19-15/h4,6-8,10-12,21H,2-3,5,9,13H2,1H3,(H,20,22). The summed E-state index contributed by atoms with van der Waals surface area (Å²) in [6.07, 6.45) is 8.33. The Bertz CT molecular complexity index is 586. The summed E-state index contributed by atoms with van der Waals surface area (Å²) in [4.78, 5) is 20.4. The molecule has 0 unspecified atom stereocenters. The van der Waals surface area contributed by atoms with Crippen LogP contribution in [-0.4, -0.2) is 22.4 Å². The van der Waals surface area contributed by atoms with E-state index in [0.29, 0.717) is 18.7 Å². The van der Waals surface area contributed by atoms with Gasteiger partial charge in [-0.1, -0.05) is 25.8 Å². The summed E-state index contributed by atoms with van der Waals surface area (Å²) in [5, 5.41) is 6.14. The number of unbranched alkanes of at least 4 members (excludes halogenated alkanes) is 2. The normalized spacial score (nSPS) is 10.2. The number of nitrogens with one attached hydrogen (secondary N) is 2. The second-order valence-electron chi connectivity index (χ2n) is 5.10. The van der Waals surface area contributed by atoms with Gasteiger partial charge in [0.05, 0.1) is 23.5 Å². The molecule has 0 spiro atoms. The molecule has 0 bridgehead atoms. The predicted molar refractivity (Wildman–Crippen MR) is 87.7 cm³/mol. The Labute approximate surface area is 131 Å². The first-order valence-electron chi connectivity index (χ1n) is 7.66. The fourth-order valence-electron chi connectivity index (χ4n) is 2.04. The summed E-state index contributed by atoms with van der Waals surface area (Å²) in [7, 11) is 0. The maximum atomic E-state index is 12.0. The number of hydrogen-bond donors (Lipinski definition) is 2. The van der Waals surface area contributed by atoms with Gasteiger partial charge in [0.2, 0.25) is 0 Å². The van der Waals surface area contributed by atoms with Crippen LogP contribution >= 0.6 is 0 Å². The highest BCUT2D eigenvalue weighted by Gasteiger charge is 2.06. The van der Waals surface area contributed by atoms with Crippen molar-refractivity contribution in [2.45, 2.75) is 32.7 Å². The lowest BCUT2D eigenvalue weighted by atomic mass is 10.2. The van der Waals surface area contributed by atoms with Crippen molar-refractivity contribution in [3.8, 4) is 0 Å². The molecule has 2 heterocycles. The second kappa shape index (κ2) is 8.77. The van der Waals surface area contributed by atoms with Crippen LogP contribution in [0.3, 0.4) is 0 Å². The van der Waals surface area contributed by atoms with E-state index in [2.05, 4.69) is 27.5 Å². The topological polar surface area (TPSA) is 66.9 Å². The van der Waals surface area contributed by atoms with Crippen molar-refractivity contribution in [3.63, 3.8) is 0 Å². The average molecular weight is 298 g/mol. The van der Waals surface area contributed by atoms with Gasteiger partial charge < -0.3 is 10.6 Å². The van der Waals surface area contributed by atoms with E-state index in [1.807, 2.05) is 24.3 Å². The van der Waals surface area contributed by atoms with Gasteiger partial charge in [-0.25, -0.2) is 0 Å². The molecule has 0 aliphatic heterocycles. The first-order valence-corrected chi connectivity index (χ1v) is 7.66. The quantitative estimate of drug-likeness (QED) is 0.735. The van der Waals surface area contributed by atoms with Crippen LogP contribution < -0.4 is 10.6 Å². The number of anilines is 1. The van der Waals surface area contributed by atoms with E-state index >= 15 is 0 Å². The summed E-state index contributed by atoms with van der Waals surface area (Å²) in [6, 6.07) is 7.59. The van der Waals surface area contributed by atoms with Gasteiger partial charge in [0.1, 0.15) is 0 Å². The summed E-state index contributed by atoms with van der Waals surface area (Å²) < 4.78 is 0. The van der Waals surface area contributed by atoms with Gasteiger partial charge in [0.15, 0.2) is 0 Å². The van der Waals surface area contributed by atoms with E-state index in [-0.39, 0.29) is 5.91 Å². The second-order valence-corrected chi connectivity index (χ2v) is 5.10. The molecule has 2 aromatic heterocycles. The Morgan fingerprint density at radius 2 is 2.14 bits per heavy atom. The van der Waals surface area contributed by atoms with Crippen molar-refractivity contribution >= 4 is 11.6 Å². The third kappa shape index (κ3) is 5.16. The van der Waals surface area contributed by atoms with Gasteiger partial charge in [-0.15, -0.1) is 0 Å². The number of carbonyl (C=O) groups excluding carboxylic acids is 1. The van der Waals surface area contributed by atoms with Crippen molar-refractivity contribution < 1.29 is 4.79 Å². The van der Waals surface area contributed by atoms with Crippen molar-refractivity contribution in [1.29, 1.82) is 0 Å². The van der Waals surface area contributed by atoms with E-state index in [4.69, 9.17) is 0 Å². The molecule has 0 radical (unpaired) electrons. The first kappa shape index (κ1) is 15.9. The highest BCUT2D eigenvalue weighted by atomic mass is 16.1. The zero-order valence-corrected chi connectivity index (χ0v) is 12.9. The number of pyridine rings is 2. The molecule has 0 atom stereocenters. The molecule has 22 heavy (non-hydrogen) atoms. The molecule has 5 nitrogen and oxygen atoms in total. The van der Waals surface area contributed by atoms with Crippen LogP contribution in [0.15, 0.2) is 42.9 Å². The van der Waals surface area contributed by atoms with Crippen LogP contribution in [0.25, 0.3) is 0 Å². The van der Waals surface area contributed by atoms with Crippen LogP contribution in [0, 0.1) is 0 Å². The molecule has 2 aromatic rings. The van der Waals surface area contributed by atoms with Crippen LogP contribution in [0.1, 0.15) is 42.2 Å². The lowest BCUT2D eigenvalue weighted by Crippen LogP contribution is -2.24. The smallest absolute Gasteiger partial charge is 0.252 e. The lowest BCUT2D eigenvalue weighted by Gasteiger charge is -2.08. The Morgan fingerprint density at radius 1 is 1.23 bits per heavy atom. The predicted octanol–water partition coefficient (Wildman–Crippen LogP) is 3.01. The summed E-state index contributed by atoms with van der Waals surface area (Å²) >= 11 is 0. The maximum absolute atomic E-state index is 12.0. The van der Waals surface area contributed by atoms with Gasteiger partial charge in [0, 0.05) is 25.1 Å². The Balaban J connectivity index is 1.87. The van der Waals surface area contributed by atoms with E-state index in [0.717, 1.165) is 30.6 Å². The van der Waals surface area contributed by atoms with Crippen LogP contribution in [0.5, 0.6) is 0 Å². The number of rotatable bonds is 8. The molecule has 0 saturated heterocycles. The van der Waals surface area contributed by atoms with E-state index in [1.165, 1.54) is 0 Å². The molecule has 0 fully saturated rings. The highest BCUT2D eigenvalue weighted by Crippen LogP contribution is 2.10. The van der Waals surface area contributed by atoms with E-state index in [1.54, 1.807) is 18.6 Å². The van der Waals surface area contributed by atoms with Gasteiger partial charge in [-0.2, -0.15) is 0 Å². The molecule has 5 heteroatoms. The highest BCUT2D eigenvalue weighted by molar-refractivity contribution is 5.94. The molecule has 2 N–H and O–H groups in total. The molecular weight excluding hydrogens is 276 g/mol. The Morgan fingerprint density at radius 3 is 2.91 bits per heavy atom. The van der Waals surface area contributed by atoms with Gasteiger partial charge >= 0.3 is 0 Å². The maximum Gasteiger partial charge on any atom is 0.252 e. The van der Waals surface area contributed by atoms with E-state index in [9.17, 15) is 4.79 Å². The molecule has 0 aliphatic rings. The van der Waals surface area contributed by atoms with Crippen LogP contribution in [-0.2, 0) is 6.54 Å². The minimum atomic E-state index is -0.0786. The minimum absolute atomic E-state index is 0.0786. The van der Waals surface area contributed by atoms with Crippen molar-refractivity contribution in [2.24, 2.45) is 0 Å². The largest absolute Gasteiger partial charge is 0.378 e. The molecule has 0 aliphatic carbocycles. The van der Waals surface area contributed by atoms with Crippen molar-refractivity contribution in [1.82, 2.24) is 15.3 Å². The Kier molecular flexibility index (Phi) is 6.36. The SMILES string of the molecule is CCCCCNC(=O)c1cncc(NCc2ccccn2)c1. The first-order chi connectivity index (χ1) is 10.8. The third-order valence-electron chi connectivity index (χ3n) is 3.27. The van der Waals surface area contributed by atoms with Crippen molar-refractivity contribution in [2.75, 3.05) is 11.9 Å². The number of aromatic nitrogens is 2. The van der Waals surface area contributed by atoms with Crippen molar-refractivity contribution in [3.05, 3.63) is 54.1 Å². The third-order valence-corrected chi connectivity index (χ3v) is 3.27. The Hall–Kier alpha value is -2.43.